The zero-order valence-corrected chi connectivity index (χ0v) is 19.9. The fourth-order valence-electron chi connectivity index (χ4n) is 3.47. The largest absolute Gasteiger partial charge is 0.496 e. The van der Waals surface area contributed by atoms with E-state index in [2.05, 4.69) is 34.9 Å². The van der Waals surface area contributed by atoms with E-state index in [0.717, 1.165) is 29.4 Å². The van der Waals surface area contributed by atoms with Crippen molar-refractivity contribution in [2.75, 3.05) is 20.2 Å². The van der Waals surface area contributed by atoms with Crippen LogP contribution in [0.4, 0.5) is 13.2 Å². The molecule has 188 valence electrons. The maximum absolute atomic E-state index is 13.4. The number of halogens is 3. The highest BCUT2D eigenvalue weighted by molar-refractivity contribution is 5.93. The molecule has 0 bridgehead atoms. The molecule has 0 aliphatic carbocycles. The van der Waals surface area contributed by atoms with Gasteiger partial charge in [0.25, 0.3) is 5.91 Å². The number of nitrogens with one attached hydrogen (secondary N) is 3. The van der Waals surface area contributed by atoms with Gasteiger partial charge in [-0.2, -0.15) is 18.3 Å². The maximum atomic E-state index is 13.4. The number of nitrogens with zero attached hydrogens (tertiary/aromatic N) is 2. The third kappa shape index (κ3) is 7.30. The molecule has 0 unspecified atom stereocenters. The summed E-state index contributed by atoms with van der Waals surface area (Å²) in [5, 5.41) is 13.0. The maximum Gasteiger partial charge on any atom is 0.435 e. The number of amides is 1. The Labute approximate surface area is 202 Å². The van der Waals surface area contributed by atoms with Gasteiger partial charge in [-0.1, -0.05) is 44.2 Å². The Kier molecular flexibility index (Phi) is 8.89. The number of alkyl halides is 3. The first kappa shape index (κ1) is 26.2. The van der Waals surface area contributed by atoms with Gasteiger partial charge in [-0.3, -0.25) is 4.79 Å². The van der Waals surface area contributed by atoms with Crippen molar-refractivity contribution in [3.05, 3.63) is 77.1 Å². The van der Waals surface area contributed by atoms with Crippen LogP contribution in [0, 0.1) is 0 Å². The minimum Gasteiger partial charge on any atom is -0.496 e. The molecule has 7 nitrogen and oxygen atoms in total. The first-order valence-electron chi connectivity index (χ1n) is 11.3. The molecule has 0 spiro atoms. The lowest BCUT2D eigenvalue weighted by Crippen LogP contribution is -2.31. The molecule has 0 aliphatic heterocycles. The molecule has 35 heavy (non-hydrogen) atoms. The van der Waals surface area contributed by atoms with Gasteiger partial charge >= 0.3 is 6.18 Å². The number of aromatic nitrogens is 2. The zero-order chi connectivity index (χ0) is 25.4. The Bertz CT molecular complexity index is 1130. The minimum atomic E-state index is -4.69. The van der Waals surface area contributed by atoms with E-state index in [0.29, 0.717) is 29.6 Å². The number of ether oxygens (including phenoxy) is 1. The Balaban J connectivity index is 1.80. The van der Waals surface area contributed by atoms with Gasteiger partial charge in [-0.05, 0) is 23.8 Å². The number of hydrogen-bond acceptors (Lipinski definition) is 5. The van der Waals surface area contributed by atoms with Crippen LogP contribution in [0.1, 0.15) is 41.2 Å². The SMILES string of the molecule is COc1ccccc1CNC(=O)c1cc(C(F)(F)F)nn1-c1cccc(CNCCNC(C)C)c1. The normalized spacial score (nSPS) is 11.6. The molecule has 0 radical (unpaired) electrons. The summed E-state index contributed by atoms with van der Waals surface area (Å²) < 4.78 is 46.6. The van der Waals surface area contributed by atoms with Gasteiger partial charge in [0.05, 0.1) is 12.8 Å². The fraction of sp³-hybridized carbons (Fsp3) is 0.360. The molecule has 1 amide bonds. The average Bonchev–Trinajstić information content (AvgIpc) is 3.29. The Morgan fingerprint density at radius 1 is 1.06 bits per heavy atom. The van der Waals surface area contributed by atoms with Gasteiger partial charge in [0.15, 0.2) is 5.69 Å². The Morgan fingerprint density at radius 2 is 1.83 bits per heavy atom. The lowest BCUT2D eigenvalue weighted by molar-refractivity contribution is -0.141. The van der Waals surface area contributed by atoms with Crippen molar-refractivity contribution >= 4 is 5.91 Å². The van der Waals surface area contributed by atoms with Crippen LogP contribution in [0.3, 0.4) is 0 Å². The first-order valence-corrected chi connectivity index (χ1v) is 11.3. The Morgan fingerprint density at radius 3 is 2.54 bits per heavy atom. The molecule has 0 aliphatic rings. The van der Waals surface area contributed by atoms with Crippen molar-refractivity contribution in [1.82, 2.24) is 25.7 Å². The van der Waals surface area contributed by atoms with Crippen LogP contribution in [0.5, 0.6) is 5.75 Å². The van der Waals surface area contributed by atoms with Gasteiger partial charge < -0.3 is 20.7 Å². The molecule has 1 aromatic heterocycles. The molecule has 3 N–H and O–H groups in total. The minimum absolute atomic E-state index is 0.0871. The van der Waals surface area contributed by atoms with Crippen LogP contribution in [0.2, 0.25) is 0 Å². The second-order valence-electron chi connectivity index (χ2n) is 8.27. The highest BCUT2D eigenvalue weighted by Gasteiger charge is 2.36. The molecule has 0 fully saturated rings. The van der Waals surface area contributed by atoms with E-state index in [1.165, 1.54) is 7.11 Å². The lowest BCUT2D eigenvalue weighted by atomic mass is 10.2. The molecule has 0 atom stereocenters. The topological polar surface area (TPSA) is 80.2 Å². The average molecular weight is 490 g/mol. The molecule has 10 heteroatoms. The van der Waals surface area contributed by atoms with Gasteiger partial charge in [-0.15, -0.1) is 0 Å². The predicted molar refractivity (Wildman–Crippen MR) is 128 cm³/mol. The smallest absolute Gasteiger partial charge is 0.435 e. The molecule has 0 saturated heterocycles. The number of hydrogen-bond donors (Lipinski definition) is 3. The van der Waals surface area contributed by atoms with Crippen molar-refractivity contribution in [1.29, 1.82) is 0 Å². The monoisotopic (exact) mass is 489 g/mol. The van der Waals surface area contributed by atoms with E-state index >= 15 is 0 Å². The van der Waals surface area contributed by atoms with E-state index in [-0.39, 0.29) is 12.2 Å². The Hall–Kier alpha value is -3.37. The van der Waals surface area contributed by atoms with E-state index in [4.69, 9.17) is 4.74 Å². The number of carbonyl (C=O) groups is 1. The highest BCUT2D eigenvalue weighted by Crippen LogP contribution is 2.30. The van der Waals surface area contributed by atoms with Crippen LogP contribution >= 0.6 is 0 Å². The number of para-hydroxylation sites is 1. The number of rotatable bonds is 11. The zero-order valence-electron chi connectivity index (χ0n) is 19.9. The molecule has 3 aromatic rings. The van der Waals surface area contributed by atoms with Crippen molar-refractivity contribution < 1.29 is 22.7 Å². The summed E-state index contributed by atoms with van der Waals surface area (Å²) in [7, 11) is 1.51. The second-order valence-corrected chi connectivity index (χ2v) is 8.27. The summed E-state index contributed by atoms with van der Waals surface area (Å²) in [5.74, 6) is -0.108. The molecular weight excluding hydrogens is 459 g/mol. The van der Waals surface area contributed by atoms with E-state index < -0.39 is 17.8 Å². The molecule has 3 rings (SSSR count). The van der Waals surface area contributed by atoms with Crippen molar-refractivity contribution in [3.8, 4) is 11.4 Å². The first-order chi connectivity index (χ1) is 16.7. The molecular formula is C25H30F3N5O2. The van der Waals surface area contributed by atoms with Crippen LogP contribution in [-0.2, 0) is 19.3 Å². The van der Waals surface area contributed by atoms with Gasteiger partial charge in [-0.25, -0.2) is 4.68 Å². The second kappa shape index (κ2) is 11.9. The van der Waals surface area contributed by atoms with E-state index in [1.807, 2.05) is 6.07 Å². The lowest BCUT2D eigenvalue weighted by Gasteiger charge is -2.12. The van der Waals surface area contributed by atoms with Crippen LogP contribution < -0.4 is 20.7 Å². The fourth-order valence-corrected chi connectivity index (χ4v) is 3.47. The quantitative estimate of drug-likeness (QED) is 0.356. The van der Waals surface area contributed by atoms with E-state index in [9.17, 15) is 18.0 Å². The summed E-state index contributed by atoms with van der Waals surface area (Å²) in [4.78, 5) is 12.9. The highest BCUT2D eigenvalue weighted by atomic mass is 19.4. The van der Waals surface area contributed by atoms with Crippen molar-refractivity contribution in [3.63, 3.8) is 0 Å². The molecule has 2 aromatic carbocycles. The van der Waals surface area contributed by atoms with Crippen molar-refractivity contribution in [2.45, 2.75) is 39.2 Å². The van der Waals surface area contributed by atoms with Crippen LogP contribution in [0.25, 0.3) is 5.69 Å². The third-order valence-electron chi connectivity index (χ3n) is 5.20. The molecule has 0 saturated carbocycles. The van der Waals surface area contributed by atoms with Crippen LogP contribution in [0.15, 0.2) is 54.6 Å². The van der Waals surface area contributed by atoms with Crippen molar-refractivity contribution in [2.24, 2.45) is 0 Å². The number of benzene rings is 2. The van der Waals surface area contributed by atoms with Gasteiger partial charge in [0.1, 0.15) is 11.4 Å². The standard InChI is InChI=1S/C25H30F3N5O2/c1-17(2)30-12-11-29-15-18-7-6-9-20(13-18)33-21(14-23(32-33)25(26,27)28)24(34)31-16-19-8-4-5-10-22(19)35-3/h4-10,13-14,17,29-30H,11-12,15-16H2,1-3H3,(H,31,34). The molecule has 1 heterocycles. The number of methoxy groups -OCH3 is 1. The number of carbonyl (C=O) groups excluding carboxylic acids is 1. The summed E-state index contributed by atoms with van der Waals surface area (Å²) in [5.41, 5.74) is 0.575. The van der Waals surface area contributed by atoms with Gasteiger partial charge in [0.2, 0.25) is 0 Å². The summed E-state index contributed by atoms with van der Waals surface area (Å²) >= 11 is 0. The summed E-state index contributed by atoms with van der Waals surface area (Å²) in [6, 6.07) is 15.2. The van der Waals surface area contributed by atoms with E-state index in [1.54, 1.807) is 42.5 Å². The summed E-state index contributed by atoms with van der Waals surface area (Å²) in [6.07, 6.45) is -4.69. The third-order valence-corrected chi connectivity index (χ3v) is 5.20. The van der Waals surface area contributed by atoms with Crippen LogP contribution in [-0.4, -0.2) is 41.9 Å². The predicted octanol–water partition coefficient (Wildman–Crippen LogP) is 3.92. The summed E-state index contributed by atoms with van der Waals surface area (Å²) in [6.45, 7) is 6.26. The van der Waals surface area contributed by atoms with Gasteiger partial charge in [0, 0.05) is 43.9 Å².